The van der Waals surface area contributed by atoms with Crippen molar-refractivity contribution in [3.63, 3.8) is 0 Å². The van der Waals surface area contributed by atoms with Crippen LogP contribution >= 0.6 is 0 Å². The molecule has 3 N–H and O–H groups in total. The molecule has 0 aromatic heterocycles. The third-order valence-electron chi connectivity index (χ3n) is 2.01. The van der Waals surface area contributed by atoms with E-state index >= 15 is 0 Å². The largest absolute Gasteiger partial charge is 0.481 e. The highest BCUT2D eigenvalue weighted by molar-refractivity contribution is 5.81. The zero-order chi connectivity index (χ0) is 9.14. The highest BCUT2D eigenvalue weighted by Gasteiger charge is 2.30. The molecule has 1 aliphatic heterocycles. The van der Waals surface area contributed by atoms with Gasteiger partial charge in [0.1, 0.15) is 6.04 Å². The summed E-state index contributed by atoms with van der Waals surface area (Å²) in [5.74, 6) is -1.85. The summed E-state index contributed by atoms with van der Waals surface area (Å²) in [6.07, 6.45) is 0.768. The molecule has 0 aromatic rings. The molecule has 1 radical (unpaired) electrons. The van der Waals surface area contributed by atoms with Crippen LogP contribution in [0.4, 0.5) is 0 Å². The van der Waals surface area contributed by atoms with Crippen LogP contribution < -0.4 is 11.1 Å². The van der Waals surface area contributed by atoms with Gasteiger partial charge >= 0.3 is 5.97 Å². The quantitative estimate of drug-likeness (QED) is 0.554. The molecule has 1 aliphatic rings. The van der Waals surface area contributed by atoms with Crippen molar-refractivity contribution in [2.45, 2.75) is 18.9 Å². The van der Waals surface area contributed by atoms with Gasteiger partial charge in [0.25, 0.3) is 0 Å². The molecule has 1 fully saturated rings. The highest BCUT2D eigenvalue weighted by atomic mass is 16.4. The maximum absolute atomic E-state index is 10.7. The number of hydrogen-bond donors (Lipinski definition) is 2. The van der Waals surface area contributed by atoms with Crippen LogP contribution in [-0.4, -0.2) is 29.6 Å². The molecule has 0 saturated carbocycles. The van der Waals surface area contributed by atoms with Crippen molar-refractivity contribution in [1.29, 1.82) is 0 Å². The Morgan fingerprint density at radius 3 is 2.67 bits per heavy atom. The number of piperidine rings is 1. The van der Waals surface area contributed by atoms with Gasteiger partial charge in [-0.05, 0) is 12.8 Å². The second-order valence-electron chi connectivity index (χ2n) is 2.88. The molecule has 1 amide bonds. The van der Waals surface area contributed by atoms with Gasteiger partial charge in [-0.25, -0.2) is 5.32 Å². The Hall–Kier alpha value is -1.10. The molecular formula is C7H11N2O3. The van der Waals surface area contributed by atoms with Crippen LogP contribution in [0.1, 0.15) is 12.8 Å². The van der Waals surface area contributed by atoms with Crippen molar-refractivity contribution in [3.05, 3.63) is 0 Å². The molecule has 1 rings (SSSR count). The minimum Gasteiger partial charge on any atom is -0.481 e. The molecule has 1 heterocycles. The first-order valence-electron chi connectivity index (χ1n) is 3.80. The van der Waals surface area contributed by atoms with Crippen molar-refractivity contribution >= 4 is 11.9 Å². The molecule has 5 heteroatoms. The van der Waals surface area contributed by atoms with E-state index in [0.717, 1.165) is 0 Å². The predicted octanol–water partition coefficient (Wildman–Crippen LogP) is -1.06. The van der Waals surface area contributed by atoms with Gasteiger partial charge in [-0.15, -0.1) is 0 Å². The maximum atomic E-state index is 10.7. The first-order valence-corrected chi connectivity index (χ1v) is 3.80. The van der Waals surface area contributed by atoms with Crippen LogP contribution in [0.25, 0.3) is 0 Å². The van der Waals surface area contributed by atoms with E-state index in [0.29, 0.717) is 13.0 Å². The summed E-state index contributed by atoms with van der Waals surface area (Å²) < 4.78 is 0. The Kier molecular flexibility index (Phi) is 2.65. The molecule has 5 nitrogen and oxygen atoms in total. The van der Waals surface area contributed by atoms with Crippen LogP contribution in [0, 0.1) is 5.92 Å². The van der Waals surface area contributed by atoms with Gasteiger partial charge in [0, 0.05) is 6.54 Å². The van der Waals surface area contributed by atoms with E-state index in [1.807, 2.05) is 0 Å². The second-order valence-corrected chi connectivity index (χ2v) is 2.88. The van der Waals surface area contributed by atoms with E-state index in [1.165, 1.54) is 0 Å². The van der Waals surface area contributed by atoms with Gasteiger partial charge in [0.2, 0.25) is 5.91 Å². The number of rotatable bonds is 2. The summed E-state index contributed by atoms with van der Waals surface area (Å²) in [6, 6.07) is -0.597. The number of carboxylic acid groups (broad SMARTS) is 1. The number of carboxylic acids is 1. The lowest BCUT2D eigenvalue weighted by Gasteiger charge is -2.23. The van der Waals surface area contributed by atoms with Gasteiger partial charge in [-0.2, -0.15) is 0 Å². The number of hydrogen-bond acceptors (Lipinski definition) is 2. The molecule has 1 saturated heterocycles. The first-order chi connectivity index (χ1) is 5.61. The normalized spacial score (nSPS) is 29.7. The lowest BCUT2D eigenvalue weighted by Crippen LogP contribution is -2.44. The summed E-state index contributed by atoms with van der Waals surface area (Å²) in [5, 5.41) is 12.6. The number of nitrogens with two attached hydrogens (primary N) is 1. The minimum atomic E-state index is -0.865. The third-order valence-corrected chi connectivity index (χ3v) is 2.01. The summed E-state index contributed by atoms with van der Waals surface area (Å²) in [6.45, 7) is 0.421. The van der Waals surface area contributed by atoms with Gasteiger partial charge in [-0.1, -0.05) is 0 Å². The smallest absolute Gasteiger partial charge is 0.306 e. The fourth-order valence-electron chi connectivity index (χ4n) is 1.28. The third kappa shape index (κ3) is 1.94. The Bertz CT molecular complexity index is 185. The SMILES string of the molecule is NC(=O)C1CC(C(=O)O)CC[N]1. The Morgan fingerprint density at radius 2 is 2.17 bits per heavy atom. The molecular weight excluding hydrogens is 160 g/mol. The van der Waals surface area contributed by atoms with Crippen LogP contribution in [0.3, 0.4) is 0 Å². The summed E-state index contributed by atoms with van der Waals surface area (Å²) in [7, 11) is 0. The number of carbonyl (C=O) groups is 2. The number of primary amides is 1. The standard InChI is InChI=1S/C7H11N2O3/c8-6(10)5-3-4(7(11)12)1-2-9-5/h4-5H,1-3H2,(H2,8,10)(H,11,12). The van der Waals surface area contributed by atoms with Crippen molar-refractivity contribution in [2.24, 2.45) is 11.7 Å². The highest BCUT2D eigenvalue weighted by Crippen LogP contribution is 2.16. The number of carbonyl (C=O) groups excluding carboxylic acids is 1. The van der Waals surface area contributed by atoms with Gasteiger partial charge < -0.3 is 10.8 Å². The van der Waals surface area contributed by atoms with E-state index in [9.17, 15) is 9.59 Å². The van der Waals surface area contributed by atoms with Crippen molar-refractivity contribution < 1.29 is 14.7 Å². The zero-order valence-corrected chi connectivity index (χ0v) is 6.56. The van der Waals surface area contributed by atoms with Crippen LogP contribution in [0.5, 0.6) is 0 Å². The fraction of sp³-hybridized carbons (Fsp3) is 0.714. The van der Waals surface area contributed by atoms with Gasteiger partial charge in [-0.3, -0.25) is 9.59 Å². The van der Waals surface area contributed by atoms with E-state index in [4.69, 9.17) is 10.8 Å². The van der Waals surface area contributed by atoms with Crippen LogP contribution in [0.2, 0.25) is 0 Å². The molecule has 0 spiro atoms. The topological polar surface area (TPSA) is 94.5 Å². The summed E-state index contributed by atoms with van der Waals surface area (Å²) in [5.41, 5.74) is 5.00. The number of nitrogens with zero attached hydrogens (tertiary/aromatic N) is 1. The van der Waals surface area contributed by atoms with Gasteiger partial charge in [0.15, 0.2) is 0 Å². The van der Waals surface area contributed by atoms with Gasteiger partial charge in [0.05, 0.1) is 5.92 Å². The molecule has 2 unspecified atom stereocenters. The van der Waals surface area contributed by atoms with Crippen LogP contribution in [0.15, 0.2) is 0 Å². The molecule has 0 aromatic carbocycles. The predicted molar refractivity (Wildman–Crippen MR) is 40.3 cm³/mol. The molecule has 0 bridgehead atoms. The number of aliphatic carboxylic acids is 1. The average molecular weight is 171 g/mol. The second kappa shape index (κ2) is 3.53. The zero-order valence-electron chi connectivity index (χ0n) is 6.56. The minimum absolute atomic E-state index is 0.255. The van der Waals surface area contributed by atoms with E-state index in [-0.39, 0.29) is 6.42 Å². The average Bonchev–Trinajstić information content (AvgIpc) is 2.04. The van der Waals surface area contributed by atoms with Crippen LogP contribution in [-0.2, 0) is 9.59 Å². The monoisotopic (exact) mass is 171 g/mol. The molecule has 2 atom stereocenters. The summed E-state index contributed by atoms with van der Waals surface area (Å²) in [4.78, 5) is 21.2. The molecule has 67 valence electrons. The fourth-order valence-corrected chi connectivity index (χ4v) is 1.28. The van der Waals surface area contributed by atoms with E-state index in [2.05, 4.69) is 5.32 Å². The van der Waals surface area contributed by atoms with Crippen molar-refractivity contribution in [2.75, 3.05) is 6.54 Å². The lowest BCUT2D eigenvalue weighted by molar-refractivity contribution is -0.143. The van der Waals surface area contributed by atoms with Crippen molar-refractivity contribution in [1.82, 2.24) is 5.32 Å². The first kappa shape index (κ1) is 8.99. The number of amides is 1. The summed E-state index contributed by atoms with van der Waals surface area (Å²) >= 11 is 0. The Balaban J connectivity index is 2.51. The molecule has 12 heavy (non-hydrogen) atoms. The molecule has 0 aliphatic carbocycles. The maximum Gasteiger partial charge on any atom is 0.306 e. The van der Waals surface area contributed by atoms with E-state index < -0.39 is 23.8 Å². The Labute approximate surface area is 69.9 Å². The Morgan fingerprint density at radius 1 is 1.50 bits per heavy atom. The van der Waals surface area contributed by atoms with Crippen molar-refractivity contribution in [3.8, 4) is 0 Å². The van der Waals surface area contributed by atoms with E-state index in [1.54, 1.807) is 0 Å². The lowest BCUT2D eigenvalue weighted by atomic mass is 9.92.